The molecule has 0 saturated heterocycles. The second-order valence-corrected chi connectivity index (χ2v) is 8.07. The molecule has 0 fully saturated rings. The number of anilines is 1. The third kappa shape index (κ3) is 5.34. The lowest BCUT2D eigenvalue weighted by molar-refractivity contribution is 0.0942. The van der Waals surface area contributed by atoms with Crippen molar-refractivity contribution in [1.29, 1.82) is 0 Å². The van der Waals surface area contributed by atoms with Gasteiger partial charge in [0, 0.05) is 32.4 Å². The number of ether oxygens (including phenoxy) is 1. The largest absolute Gasteiger partial charge is 0.486 e. The van der Waals surface area contributed by atoms with Gasteiger partial charge in [-0.3, -0.25) is 19.0 Å². The third-order valence-electron chi connectivity index (χ3n) is 5.08. The molecule has 3 heterocycles. The second-order valence-electron chi connectivity index (χ2n) is 8.07. The van der Waals surface area contributed by atoms with Crippen molar-refractivity contribution in [2.75, 3.05) is 5.32 Å². The molecule has 0 radical (unpaired) electrons. The Morgan fingerprint density at radius 3 is 2.50 bits per heavy atom. The first-order valence-electron chi connectivity index (χ1n) is 10.7. The van der Waals surface area contributed by atoms with Crippen LogP contribution in [0.15, 0.2) is 53.3 Å². The molecule has 3 aromatic heterocycles. The molecular weight excluding hydrogens is 436 g/mol. The molecule has 0 saturated carbocycles. The van der Waals surface area contributed by atoms with Crippen molar-refractivity contribution < 1.29 is 18.7 Å². The lowest BCUT2D eigenvalue weighted by Gasteiger charge is -2.08. The molecule has 0 spiro atoms. The zero-order valence-corrected chi connectivity index (χ0v) is 19.5. The fourth-order valence-electron chi connectivity index (χ4n) is 3.56. The van der Waals surface area contributed by atoms with Crippen molar-refractivity contribution in [1.82, 2.24) is 24.9 Å². The molecule has 34 heavy (non-hydrogen) atoms. The first-order chi connectivity index (χ1) is 16.3. The third-order valence-corrected chi connectivity index (χ3v) is 5.08. The minimum atomic E-state index is -0.494. The summed E-state index contributed by atoms with van der Waals surface area (Å²) in [7, 11) is 3.43. The number of carbonyl (C=O) groups excluding carboxylic acids is 2. The Balaban J connectivity index is 1.38. The van der Waals surface area contributed by atoms with E-state index in [1.54, 1.807) is 37.1 Å². The van der Waals surface area contributed by atoms with Crippen molar-refractivity contribution in [2.45, 2.75) is 27.0 Å². The lowest BCUT2D eigenvalue weighted by Crippen LogP contribution is -2.26. The van der Waals surface area contributed by atoms with E-state index >= 15 is 0 Å². The summed E-state index contributed by atoms with van der Waals surface area (Å²) >= 11 is 0. The maximum Gasteiger partial charge on any atom is 0.291 e. The summed E-state index contributed by atoms with van der Waals surface area (Å²) < 4.78 is 14.5. The van der Waals surface area contributed by atoms with Crippen molar-refractivity contribution in [3.05, 3.63) is 82.8 Å². The van der Waals surface area contributed by atoms with Gasteiger partial charge in [-0.1, -0.05) is 6.07 Å². The van der Waals surface area contributed by atoms with E-state index < -0.39 is 5.91 Å². The van der Waals surface area contributed by atoms with Crippen LogP contribution in [0.2, 0.25) is 0 Å². The van der Waals surface area contributed by atoms with E-state index in [1.807, 2.05) is 32.2 Å². The Labute approximate surface area is 196 Å². The number of amides is 2. The number of aryl methyl sites for hydroxylation is 4. The normalized spacial score (nSPS) is 10.8. The highest BCUT2D eigenvalue weighted by atomic mass is 16.5. The van der Waals surface area contributed by atoms with E-state index in [2.05, 4.69) is 26.9 Å². The van der Waals surface area contributed by atoms with Crippen LogP contribution >= 0.6 is 0 Å². The molecule has 0 unspecified atom stereocenters. The molecule has 0 bridgehead atoms. The molecule has 4 aromatic rings. The molecule has 0 aliphatic carbocycles. The van der Waals surface area contributed by atoms with Crippen LogP contribution in [0.3, 0.4) is 0 Å². The molecule has 10 nitrogen and oxygen atoms in total. The van der Waals surface area contributed by atoms with Crippen LogP contribution in [-0.2, 0) is 27.2 Å². The minimum absolute atomic E-state index is 0.101. The fourth-order valence-corrected chi connectivity index (χ4v) is 3.56. The van der Waals surface area contributed by atoms with Crippen molar-refractivity contribution in [3.8, 4) is 5.75 Å². The Morgan fingerprint density at radius 2 is 1.79 bits per heavy atom. The van der Waals surface area contributed by atoms with Gasteiger partial charge in [0.05, 0.1) is 18.1 Å². The van der Waals surface area contributed by atoms with Crippen LogP contribution in [0.1, 0.15) is 43.5 Å². The zero-order chi connectivity index (χ0) is 24.2. The minimum Gasteiger partial charge on any atom is -0.486 e. The van der Waals surface area contributed by atoms with Gasteiger partial charge in [0.1, 0.15) is 23.8 Å². The molecule has 0 atom stereocenters. The average molecular weight is 463 g/mol. The second kappa shape index (κ2) is 9.65. The molecule has 4 rings (SSSR count). The highest BCUT2D eigenvalue weighted by molar-refractivity contribution is 6.07. The highest BCUT2D eigenvalue weighted by Crippen LogP contribution is 2.20. The van der Waals surface area contributed by atoms with Gasteiger partial charge in [-0.15, -0.1) is 0 Å². The van der Waals surface area contributed by atoms with Crippen LogP contribution < -0.4 is 15.4 Å². The maximum atomic E-state index is 12.7. The number of benzene rings is 1. The van der Waals surface area contributed by atoms with Crippen molar-refractivity contribution >= 4 is 17.5 Å². The molecule has 1 aromatic carbocycles. The number of nitrogens with zero attached hydrogens (tertiary/aromatic N) is 4. The summed E-state index contributed by atoms with van der Waals surface area (Å²) in [6, 6.07) is 9.18. The molecule has 0 aliphatic heterocycles. The highest BCUT2D eigenvalue weighted by Gasteiger charge is 2.21. The molecule has 2 amide bonds. The number of carbonyl (C=O) groups is 2. The van der Waals surface area contributed by atoms with Gasteiger partial charge in [-0.25, -0.2) is 0 Å². The van der Waals surface area contributed by atoms with Crippen molar-refractivity contribution in [2.24, 2.45) is 14.1 Å². The Morgan fingerprint density at radius 1 is 1.03 bits per heavy atom. The molecule has 2 N–H and O–H groups in total. The summed E-state index contributed by atoms with van der Waals surface area (Å²) in [6.45, 7) is 4.49. The number of nitrogens with one attached hydrogen (secondary N) is 2. The van der Waals surface area contributed by atoms with Gasteiger partial charge in [0.15, 0.2) is 5.76 Å². The smallest absolute Gasteiger partial charge is 0.291 e. The fraction of sp³-hybridized carbons (Fsp3) is 0.250. The molecule has 176 valence electrons. The molecular formula is C24H26N6O4. The SMILES string of the molecule is Cc1cc(C)cc(OCc2ccc(C(=O)Nc3cnn(C)c3C(=O)NCc3cnn(C)c3)o2)c1. The van der Waals surface area contributed by atoms with Gasteiger partial charge in [0.2, 0.25) is 0 Å². The number of hydrogen-bond acceptors (Lipinski definition) is 6. The van der Waals surface area contributed by atoms with E-state index in [0.717, 1.165) is 22.4 Å². The van der Waals surface area contributed by atoms with Gasteiger partial charge < -0.3 is 19.8 Å². The predicted molar refractivity (Wildman–Crippen MR) is 124 cm³/mol. The zero-order valence-electron chi connectivity index (χ0n) is 19.5. The van der Waals surface area contributed by atoms with Crippen LogP contribution in [0.4, 0.5) is 5.69 Å². The van der Waals surface area contributed by atoms with E-state index in [-0.39, 0.29) is 29.7 Å². The van der Waals surface area contributed by atoms with Crippen LogP contribution in [0.5, 0.6) is 5.75 Å². The van der Waals surface area contributed by atoms with Gasteiger partial charge >= 0.3 is 0 Å². The molecule has 10 heteroatoms. The van der Waals surface area contributed by atoms with Crippen LogP contribution in [0.25, 0.3) is 0 Å². The summed E-state index contributed by atoms with van der Waals surface area (Å²) in [5.41, 5.74) is 3.56. The number of rotatable bonds is 8. The van der Waals surface area contributed by atoms with E-state index in [4.69, 9.17) is 9.15 Å². The standard InChI is InChI=1S/C24H26N6O4/c1-15-7-16(2)9-19(8-15)33-14-18-5-6-21(34-18)23(31)28-20-12-27-30(4)22(20)24(32)25-10-17-11-26-29(3)13-17/h5-9,11-13H,10,14H2,1-4H3,(H,25,32)(H,28,31). The van der Waals surface area contributed by atoms with Crippen LogP contribution in [-0.4, -0.2) is 31.4 Å². The van der Waals surface area contributed by atoms with Crippen LogP contribution in [0, 0.1) is 13.8 Å². The number of hydrogen-bond donors (Lipinski definition) is 2. The summed E-state index contributed by atoms with van der Waals surface area (Å²) in [4.78, 5) is 25.5. The molecule has 0 aliphatic rings. The number of furan rings is 1. The van der Waals surface area contributed by atoms with Gasteiger partial charge in [-0.2, -0.15) is 10.2 Å². The number of aromatic nitrogens is 4. The first-order valence-corrected chi connectivity index (χ1v) is 10.7. The predicted octanol–water partition coefficient (Wildman–Crippen LogP) is 3.12. The van der Waals surface area contributed by atoms with Gasteiger partial charge in [-0.05, 0) is 49.2 Å². The maximum absolute atomic E-state index is 12.7. The van der Waals surface area contributed by atoms with E-state index in [1.165, 1.54) is 10.9 Å². The average Bonchev–Trinajstić information content (AvgIpc) is 3.50. The first kappa shape index (κ1) is 22.8. The van der Waals surface area contributed by atoms with E-state index in [0.29, 0.717) is 12.3 Å². The Hall–Kier alpha value is -4.34. The lowest BCUT2D eigenvalue weighted by atomic mass is 10.1. The summed E-state index contributed by atoms with van der Waals surface area (Å²) in [5, 5.41) is 13.7. The van der Waals surface area contributed by atoms with Gasteiger partial charge in [0.25, 0.3) is 11.8 Å². The summed E-state index contributed by atoms with van der Waals surface area (Å²) in [5.74, 6) is 0.472. The topological polar surface area (TPSA) is 116 Å². The monoisotopic (exact) mass is 462 g/mol. The quantitative estimate of drug-likeness (QED) is 0.416. The summed E-state index contributed by atoms with van der Waals surface area (Å²) in [6.07, 6.45) is 4.90. The Kier molecular flexibility index (Phi) is 6.48. The van der Waals surface area contributed by atoms with Crippen molar-refractivity contribution in [3.63, 3.8) is 0 Å². The van der Waals surface area contributed by atoms with E-state index in [9.17, 15) is 9.59 Å². The Bertz CT molecular complexity index is 1310.